The molecule has 0 aliphatic heterocycles. The zero-order valence-electron chi connectivity index (χ0n) is 12.0. The van der Waals surface area contributed by atoms with Crippen LogP contribution in [0.1, 0.15) is 49.4 Å². The van der Waals surface area contributed by atoms with Crippen molar-refractivity contribution < 1.29 is 9.18 Å². The van der Waals surface area contributed by atoms with Crippen molar-refractivity contribution in [3.8, 4) is 0 Å². The first-order chi connectivity index (χ1) is 9.70. The maximum Gasteiger partial charge on any atom is 0.254 e. The van der Waals surface area contributed by atoms with Crippen molar-refractivity contribution in [2.24, 2.45) is 0 Å². The lowest BCUT2D eigenvalue weighted by molar-refractivity contribution is 0.0920. The molecule has 2 rings (SSSR count). The van der Waals surface area contributed by atoms with Crippen molar-refractivity contribution in [1.29, 1.82) is 0 Å². The van der Waals surface area contributed by atoms with Crippen LogP contribution >= 0.6 is 0 Å². The van der Waals surface area contributed by atoms with E-state index in [1.807, 2.05) is 0 Å². The first kappa shape index (κ1) is 15.0. The number of amides is 1. The molecule has 0 radical (unpaired) electrons. The highest BCUT2D eigenvalue weighted by Gasteiger charge is 2.23. The average molecular weight is 278 g/mol. The van der Waals surface area contributed by atoms with Crippen molar-refractivity contribution in [3.05, 3.63) is 35.6 Å². The van der Waals surface area contributed by atoms with Gasteiger partial charge in [-0.1, -0.05) is 19.1 Å². The minimum atomic E-state index is -0.455. The van der Waals surface area contributed by atoms with Gasteiger partial charge < -0.3 is 10.6 Å². The zero-order chi connectivity index (χ0) is 14.4. The van der Waals surface area contributed by atoms with Gasteiger partial charge in [0.25, 0.3) is 5.91 Å². The Kier molecular flexibility index (Phi) is 5.53. The lowest BCUT2D eigenvalue weighted by Gasteiger charge is -2.29. The summed E-state index contributed by atoms with van der Waals surface area (Å²) in [6.45, 7) is 3.21. The Balaban J connectivity index is 1.81. The molecule has 20 heavy (non-hydrogen) atoms. The van der Waals surface area contributed by atoms with Crippen molar-refractivity contribution >= 4 is 5.91 Å². The van der Waals surface area contributed by atoms with Gasteiger partial charge in [0.2, 0.25) is 0 Å². The highest BCUT2D eigenvalue weighted by Crippen LogP contribution is 2.19. The lowest BCUT2D eigenvalue weighted by Crippen LogP contribution is -2.42. The average Bonchev–Trinajstić information content (AvgIpc) is 2.47. The van der Waals surface area contributed by atoms with Crippen LogP contribution in [0.3, 0.4) is 0 Å². The van der Waals surface area contributed by atoms with Crippen LogP contribution in [0, 0.1) is 5.82 Å². The third-order valence-corrected chi connectivity index (χ3v) is 3.86. The van der Waals surface area contributed by atoms with E-state index in [1.54, 1.807) is 12.1 Å². The van der Waals surface area contributed by atoms with E-state index in [-0.39, 0.29) is 17.5 Å². The molecule has 3 nitrogen and oxygen atoms in total. The Bertz CT molecular complexity index is 442. The van der Waals surface area contributed by atoms with Crippen molar-refractivity contribution in [3.63, 3.8) is 0 Å². The summed E-state index contributed by atoms with van der Waals surface area (Å²) in [5.74, 6) is -0.753. The molecule has 0 heterocycles. The number of hydrogen-bond donors (Lipinski definition) is 2. The molecule has 4 heteroatoms. The van der Waals surface area contributed by atoms with Gasteiger partial charge in [0, 0.05) is 12.1 Å². The van der Waals surface area contributed by atoms with E-state index < -0.39 is 5.82 Å². The number of carbonyl (C=O) groups excluding carboxylic acids is 1. The molecule has 0 unspecified atom stereocenters. The first-order valence-corrected chi connectivity index (χ1v) is 7.49. The summed E-state index contributed by atoms with van der Waals surface area (Å²) in [7, 11) is 0. The Morgan fingerprint density at radius 1 is 1.20 bits per heavy atom. The van der Waals surface area contributed by atoms with E-state index >= 15 is 0 Å². The summed E-state index contributed by atoms with van der Waals surface area (Å²) in [4.78, 5) is 12.0. The predicted octanol–water partition coefficient (Wildman–Crippen LogP) is 2.87. The standard InChI is InChI=1S/C16H23FN2O/c1-2-11-18-12-7-9-13(10-8-12)19-16(20)14-5-3-4-6-15(14)17/h3-6,12-13,18H,2,7-11H2,1H3,(H,19,20). The smallest absolute Gasteiger partial charge is 0.254 e. The Hall–Kier alpha value is -1.42. The van der Waals surface area contributed by atoms with Gasteiger partial charge in [0.15, 0.2) is 0 Å². The maximum atomic E-state index is 13.5. The highest BCUT2D eigenvalue weighted by atomic mass is 19.1. The molecular formula is C16H23FN2O. The molecule has 1 saturated carbocycles. The van der Waals surface area contributed by atoms with Gasteiger partial charge in [-0.25, -0.2) is 4.39 Å². The van der Waals surface area contributed by atoms with E-state index in [1.165, 1.54) is 12.1 Å². The monoisotopic (exact) mass is 278 g/mol. The van der Waals surface area contributed by atoms with Gasteiger partial charge in [0.05, 0.1) is 5.56 Å². The molecule has 1 aromatic rings. The van der Waals surface area contributed by atoms with Crippen LogP contribution in [0.5, 0.6) is 0 Å². The largest absolute Gasteiger partial charge is 0.349 e. The molecule has 0 atom stereocenters. The molecule has 0 bridgehead atoms. The minimum absolute atomic E-state index is 0.138. The normalized spacial score (nSPS) is 22.5. The van der Waals surface area contributed by atoms with Gasteiger partial charge in [-0.05, 0) is 50.8 Å². The summed E-state index contributed by atoms with van der Waals surface area (Å²) in [5.41, 5.74) is 0.138. The van der Waals surface area contributed by atoms with Crippen LogP contribution < -0.4 is 10.6 Å². The van der Waals surface area contributed by atoms with Crippen LogP contribution in [0.25, 0.3) is 0 Å². The van der Waals surface area contributed by atoms with Gasteiger partial charge in [-0.3, -0.25) is 4.79 Å². The molecule has 1 fully saturated rings. The fourth-order valence-electron chi connectivity index (χ4n) is 2.70. The van der Waals surface area contributed by atoms with Gasteiger partial charge in [-0.2, -0.15) is 0 Å². The Morgan fingerprint density at radius 3 is 2.50 bits per heavy atom. The van der Waals surface area contributed by atoms with E-state index in [9.17, 15) is 9.18 Å². The molecule has 110 valence electrons. The van der Waals surface area contributed by atoms with Crippen LogP contribution in [0.2, 0.25) is 0 Å². The molecule has 0 aromatic heterocycles. The minimum Gasteiger partial charge on any atom is -0.349 e. The molecule has 1 aromatic carbocycles. The molecule has 1 aliphatic rings. The quantitative estimate of drug-likeness (QED) is 0.869. The fourth-order valence-corrected chi connectivity index (χ4v) is 2.70. The third kappa shape index (κ3) is 4.04. The molecule has 2 N–H and O–H groups in total. The highest BCUT2D eigenvalue weighted by molar-refractivity contribution is 5.94. The summed E-state index contributed by atoms with van der Waals surface area (Å²) in [6, 6.07) is 6.86. The van der Waals surface area contributed by atoms with Crippen molar-refractivity contribution in [2.75, 3.05) is 6.54 Å². The number of nitrogens with one attached hydrogen (secondary N) is 2. The third-order valence-electron chi connectivity index (χ3n) is 3.86. The first-order valence-electron chi connectivity index (χ1n) is 7.49. The fraction of sp³-hybridized carbons (Fsp3) is 0.562. The molecule has 0 saturated heterocycles. The number of benzene rings is 1. The van der Waals surface area contributed by atoms with Gasteiger partial charge in [0.1, 0.15) is 5.82 Å². The van der Waals surface area contributed by atoms with E-state index in [4.69, 9.17) is 0 Å². The SMILES string of the molecule is CCCNC1CCC(NC(=O)c2ccccc2F)CC1. The van der Waals surface area contributed by atoms with Gasteiger partial charge in [-0.15, -0.1) is 0 Å². The van der Waals surface area contributed by atoms with E-state index in [0.29, 0.717) is 6.04 Å². The summed E-state index contributed by atoms with van der Waals surface area (Å²) >= 11 is 0. The second kappa shape index (κ2) is 7.39. The van der Waals surface area contributed by atoms with Crippen LogP contribution in [0.4, 0.5) is 4.39 Å². The summed E-state index contributed by atoms with van der Waals surface area (Å²) < 4.78 is 13.5. The predicted molar refractivity (Wildman–Crippen MR) is 78.2 cm³/mol. The number of carbonyl (C=O) groups is 1. The Morgan fingerprint density at radius 2 is 1.85 bits per heavy atom. The second-order valence-corrected chi connectivity index (χ2v) is 5.46. The van der Waals surface area contributed by atoms with Crippen LogP contribution in [-0.4, -0.2) is 24.5 Å². The van der Waals surface area contributed by atoms with E-state index in [2.05, 4.69) is 17.6 Å². The number of rotatable bonds is 5. The van der Waals surface area contributed by atoms with Crippen LogP contribution in [-0.2, 0) is 0 Å². The Labute approximate surface area is 120 Å². The molecular weight excluding hydrogens is 255 g/mol. The maximum absolute atomic E-state index is 13.5. The second-order valence-electron chi connectivity index (χ2n) is 5.46. The van der Waals surface area contributed by atoms with Gasteiger partial charge >= 0.3 is 0 Å². The topological polar surface area (TPSA) is 41.1 Å². The molecule has 0 spiro atoms. The molecule has 1 aliphatic carbocycles. The van der Waals surface area contributed by atoms with Crippen molar-refractivity contribution in [2.45, 2.75) is 51.1 Å². The van der Waals surface area contributed by atoms with Crippen molar-refractivity contribution in [1.82, 2.24) is 10.6 Å². The zero-order valence-corrected chi connectivity index (χ0v) is 12.0. The summed E-state index contributed by atoms with van der Waals surface area (Å²) in [5, 5.41) is 6.46. The number of hydrogen-bond acceptors (Lipinski definition) is 2. The summed E-state index contributed by atoms with van der Waals surface area (Å²) in [6.07, 6.45) is 5.21. The lowest BCUT2D eigenvalue weighted by atomic mass is 9.91. The van der Waals surface area contributed by atoms with Crippen LogP contribution in [0.15, 0.2) is 24.3 Å². The number of halogens is 1. The molecule has 1 amide bonds. The van der Waals surface area contributed by atoms with E-state index in [0.717, 1.165) is 38.6 Å².